The number of benzene rings is 2. The first-order valence-electron chi connectivity index (χ1n) is 8.07. The first kappa shape index (κ1) is 20.4. The zero-order valence-electron chi connectivity index (χ0n) is 14.5. The molecule has 2 rings (SSSR count). The quantitative estimate of drug-likeness (QED) is 0.770. The number of anilines is 1. The third-order valence-electron chi connectivity index (χ3n) is 3.75. The molecule has 0 fully saturated rings. The number of nitrogens with one attached hydrogen (secondary N) is 1. The van der Waals surface area contributed by atoms with Gasteiger partial charge in [0, 0.05) is 12.2 Å². The maximum atomic E-state index is 14.2. The molecule has 26 heavy (non-hydrogen) atoms. The molecule has 2 aromatic carbocycles. The number of halogens is 2. The summed E-state index contributed by atoms with van der Waals surface area (Å²) in [5, 5.41) is 2.40. The van der Waals surface area contributed by atoms with Gasteiger partial charge in [0.05, 0.1) is 11.6 Å². The molecular formula is C18H20ClFN2O3S. The molecule has 140 valence electrons. The van der Waals surface area contributed by atoms with Crippen LogP contribution in [0.4, 0.5) is 10.1 Å². The van der Waals surface area contributed by atoms with Crippen LogP contribution in [-0.2, 0) is 14.8 Å². The molecule has 0 aromatic heterocycles. The average Bonchev–Trinajstić information content (AvgIpc) is 2.59. The summed E-state index contributed by atoms with van der Waals surface area (Å²) < 4.78 is 40.7. The molecule has 0 bridgehead atoms. The minimum atomic E-state index is -4.20. The Hall–Kier alpha value is -1.96. The summed E-state index contributed by atoms with van der Waals surface area (Å²) in [6.07, 6.45) is 0.471. The summed E-state index contributed by atoms with van der Waals surface area (Å²) in [4.78, 5) is 11.8. The molecule has 0 saturated carbocycles. The number of amides is 1. The molecular weight excluding hydrogens is 379 g/mol. The van der Waals surface area contributed by atoms with E-state index in [-0.39, 0.29) is 11.6 Å². The van der Waals surface area contributed by atoms with E-state index < -0.39 is 33.2 Å². The third-order valence-corrected chi connectivity index (χ3v) is 5.90. The van der Waals surface area contributed by atoms with Crippen molar-refractivity contribution in [3.05, 3.63) is 58.9 Å². The Balaban J connectivity index is 2.26. The van der Waals surface area contributed by atoms with E-state index in [0.717, 1.165) is 15.9 Å². The van der Waals surface area contributed by atoms with Crippen LogP contribution in [0.25, 0.3) is 0 Å². The molecule has 0 aliphatic carbocycles. The van der Waals surface area contributed by atoms with Gasteiger partial charge in [0.15, 0.2) is 5.82 Å². The SMILES string of the molecule is CCCN(CC(=O)Nc1ccccc1C)S(=O)(=O)c1cccc(Cl)c1F. The fraction of sp³-hybridized carbons (Fsp3) is 0.278. The number of carbonyl (C=O) groups excluding carboxylic acids is 1. The van der Waals surface area contributed by atoms with Gasteiger partial charge in [0.1, 0.15) is 4.90 Å². The lowest BCUT2D eigenvalue weighted by molar-refractivity contribution is -0.116. The van der Waals surface area contributed by atoms with Crippen LogP contribution in [-0.4, -0.2) is 31.7 Å². The number of nitrogens with zero attached hydrogens (tertiary/aromatic N) is 1. The number of carbonyl (C=O) groups is 1. The molecule has 0 radical (unpaired) electrons. The maximum absolute atomic E-state index is 14.2. The van der Waals surface area contributed by atoms with Crippen molar-refractivity contribution in [1.29, 1.82) is 0 Å². The van der Waals surface area contributed by atoms with Gasteiger partial charge in [0.25, 0.3) is 0 Å². The molecule has 1 N–H and O–H groups in total. The molecule has 1 amide bonds. The maximum Gasteiger partial charge on any atom is 0.246 e. The Kier molecular flexibility index (Phi) is 6.75. The predicted octanol–water partition coefficient (Wildman–Crippen LogP) is 3.83. The Labute approximate surface area is 157 Å². The van der Waals surface area contributed by atoms with Gasteiger partial charge in [-0.15, -0.1) is 0 Å². The van der Waals surface area contributed by atoms with E-state index in [2.05, 4.69) is 5.32 Å². The normalized spacial score (nSPS) is 11.6. The van der Waals surface area contributed by atoms with Crippen LogP contribution < -0.4 is 5.32 Å². The van der Waals surface area contributed by atoms with Crippen molar-refractivity contribution in [1.82, 2.24) is 4.31 Å². The van der Waals surface area contributed by atoms with E-state index in [1.807, 2.05) is 19.1 Å². The van der Waals surface area contributed by atoms with Gasteiger partial charge in [-0.3, -0.25) is 4.79 Å². The summed E-state index contributed by atoms with van der Waals surface area (Å²) >= 11 is 5.69. The lowest BCUT2D eigenvalue weighted by Gasteiger charge is -2.22. The number of rotatable bonds is 7. The Bertz CT molecular complexity index is 903. The zero-order valence-corrected chi connectivity index (χ0v) is 16.1. The van der Waals surface area contributed by atoms with Gasteiger partial charge in [-0.05, 0) is 37.1 Å². The molecule has 0 atom stereocenters. The molecule has 0 spiro atoms. The molecule has 5 nitrogen and oxygen atoms in total. The smallest absolute Gasteiger partial charge is 0.246 e. The topological polar surface area (TPSA) is 66.5 Å². The highest BCUT2D eigenvalue weighted by molar-refractivity contribution is 7.89. The van der Waals surface area contributed by atoms with Crippen LogP contribution in [0, 0.1) is 12.7 Å². The molecule has 0 saturated heterocycles. The van der Waals surface area contributed by atoms with E-state index in [1.54, 1.807) is 19.1 Å². The highest BCUT2D eigenvalue weighted by atomic mass is 35.5. The van der Waals surface area contributed by atoms with Gasteiger partial charge < -0.3 is 5.32 Å². The summed E-state index contributed by atoms with van der Waals surface area (Å²) in [7, 11) is -4.20. The van der Waals surface area contributed by atoms with Crippen LogP contribution in [0.2, 0.25) is 5.02 Å². The highest BCUT2D eigenvalue weighted by Crippen LogP contribution is 2.25. The Morgan fingerprint density at radius 1 is 1.19 bits per heavy atom. The Morgan fingerprint density at radius 3 is 2.54 bits per heavy atom. The number of sulfonamides is 1. The van der Waals surface area contributed by atoms with Crippen molar-refractivity contribution >= 4 is 33.2 Å². The van der Waals surface area contributed by atoms with Crippen molar-refractivity contribution in [2.75, 3.05) is 18.4 Å². The van der Waals surface area contributed by atoms with Crippen molar-refractivity contribution in [3.63, 3.8) is 0 Å². The van der Waals surface area contributed by atoms with Gasteiger partial charge in [-0.25, -0.2) is 12.8 Å². The largest absolute Gasteiger partial charge is 0.325 e. The number of aryl methyl sites for hydroxylation is 1. The lowest BCUT2D eigenvalue weighted by Crippen LogP contribution is -2.39. The van der Waals surface area contributed by atoms with E-state index in [9.17, 15) is 17.6 Å². The lowest BCUT2D eigenvalue weighted by atomic mass is 10.2. The summed E-state index contributed by atoms with van der Waals surface area (Å²) in [5.41, 5.74) is 1.45. The second kappa shape index (κ2) is 8.62. The monoisotopic (exact) mass is 398 g/mol. The molecule has 0 heterocycles. The second-order valence-electron chi connectivity index (χ2n) is 5.75. The van der Waals surface area contributed by atoms with Crippen molar-refractivity contribution in [2.45, 2.75) is 25.2 Å². The minimum Gasteiger partial charge on any atom is -0.325 e. The van der Waals surface area contributed by atoms with Gasteiger partial charge >= 0.3 is 0 Å². The highest BCUT2D eigenvalue weighted by Gasteiger charge is 2.29. The minimum absolute atomic E-state index is 0.0788. The van der Waals surface area contributed by atoms with Gasteiger partial charge in [-0.1, -0.05) is 42.8 Å². The van der Waals surface area contributed by atoms with Gasteiger partial charge in [-0.2, -0.15) is 4.31 Å². The Morgan fingerprint density at radius 2 is 1.88 bits per heavy atom. The summed E-state index contributed by atoms with van der Waals surface area (Å²) in [6.45, 7) is 3.26. The number of hydrogen-bond acceptors (Lipinski definition) is 3. The first-order valence-corrected chi connectivity index (χ1v) is 9.88. The summed E-state index contributed by atoms with van der Waals surface area (Å²) in [6, 6.07) is 10.9. The molecule has 0 aliphatic heterocycles. The average molecular weight is 399 g/mol. The molecule has 0 unspecified atom stereocenters. The van der Waals surface area contributed by atoms with Gasteiger partial charge in [0.2, 0.25) is 15.9 Å². The van der Waals surface area contributed by atoms with Crippen molar-refractivity contribution in [2.24, 2.45) is 0 Å². The zero-order chi connectivity index (χ0) is 19.3. The summed E-state index contributed by atoms with van der Waals surface area (Å²) in [5.74, 6) is -1.52. The van der Waals surface area contributed by atoms with Crippen LogP contribution in [0.5, 0.6) is 0 Å². The number of para-hydroxylation sites is 1. The van der Waals surface area contributed by atoms with Crippen LogP contribution in [0.15, 0.2) is 47.4 Å². The fourth-order valence-electron chi connectivity index (χ4n) is 2.42. The third kappa shape index (κ3) is 4.60. The van der Waals surface area contributed by atoms with E-state index in [1.165, 1.54) is 12.1 Å². The van der Waals surface area contributed by atoms with E-state index in [4.69, 9.17) is 11.6 Å². The predicted molar refractivity (Wildman–Crippen MR) is 100 cm³/mol. The van der Waals surface area contributed by atoms with E-state index in [0.29, 0.717) is 12.1 Å². The van der Waals surface area contributed by atoms with Crippen molar-refractivity contribution in [3.8, 4) is 0 Å². The van der Waals surface area contributed by atoms with Crippen LogP contribution >= 0.6 is 11.6 Å². The standard InChI is InChI=1S/C18H20ClFN2O3S/c1-3-11-22(12-17(23)21-15-9-5-4-7-13(15)2)26(24,25)16-10-6-8-14(19)18(16)20/h4-10H,3,11-12H2,1-2H3,(H,21,23). The molecule has 2 aromatic rings. The van der Waals surface area contributed by atoms with Crippen LogP contribution in [0.3, 0.4) is 0 Å². The number of hydrogen-bond donors (Lipinski definition) is 1. The first-order chi connectivity index (χ1) is 12.3. The van der Waals surface area contributed by atoms with Crippen LogP contribution in [0.1, 0.15) is 18.9 Å². The van der Waals surface area contributed by atoms with E-state index >= 15 is 0 Å². The second-order valence-corrected chi connectivity index (χ2v) is 8.07. The van der Waals surface area contributed by atoms with Crippen molar-refractivity contribution < 1.29 is 17.6 Å². The molecule has 0 aliphatic rings. The molecule has 8 heteroatoms. The fourth-order valence-corrected chi connectivity index (χ4v) is 4.22.